The van der Waals surface area contributed by atoms with Crippen molar-refractivity contribution < 1.29 is 9.47 Å². The predicted octanol–water partition coefficient (Wildman–Crippen LogP) is 5.31. The van der Waals surface area contributed by atoms with Gasteiger partial charge >= 0.3 is 0 Å². The lowest BCUT2D eigenvalue weighted by Gasteiger charge is -2.39. The van der Waals surface area contributed by atoms with Crippen molar-refractivity contribution in [3.05, 3.63) is 23.7 Å². The quantitative estimate of drug-likeness (QED) is 0.471. The van der Waals surface area contributed by atoms with Gasteiger partial charge in [-0.05, 0) is 38.8 Å². The summed E-state index contributed by atoms with van der Waals surface area (Å²) in [6.07, 6.45) is 11.7. The first-order chi connectivity index (χ1) is 8.69. The van der Waals surface area contributed by atoms with Crippen LogP contribution in [0.5, 0.6) is 0 Å². The number of hydrogen-bond acceptors (Lipinski definition) is 2. The van der Waals surface area contributed by atoms with Gasteiger partial charge in [-0.1, -0.05) is 20.3 Å². The van der Waals surface area contributed by atoms with E-state index in [1.54, 1.807) is 0 Å². The maximum Gasteiger partial charge on any atom is 0.250 e. The summed E-state index contributed by atoms with van der Waals surface area (Å²) in [7, 11) is 0. The lowest BCUT2D eigenvalue weighted by molar-refractivity contribution is -0.212. The van der Waals surface area contributed by atoms with Gasteiger partial charge in [-0.25, -0.2) is 0 Å². The van der Waals surface area contributed by atoms with Crippen molar-refractivity contribution in [2.45, 2.75) is 78.4 Å². The zero-order valence-electron chi connectivity index (χ0n) is 12.4. The van der Waals surface area contributed by atoms with Crippen molar-refractivity contribution >= 4 is 0 Å². The van der Waals surface area contributed by atoms with Crippen LogP contribution in [0.3, 0.4) is 0 Å². The Morgan fingerprint density at radius 1 is 0.889 bits per heavy atom. The van der Waals surface area contributed by atoms with Crippen LogP contribution in [0, 0.1) is 0 Å². The van der Waals surface area contributed by atoms with E-state index in [4.69, 9.17) is 9.47 Å². The molecule has 0 aromatic rings. The van der Waals surface area contributed by atoms with E-state index in [9.17, 15) is 0 Å². The Balaban J connectivity index is 2.81. The Hall–Kier alpha value is -0.920. The standard InChI is InChI=1S/C16H28O2/c1-5-14(6-2)17-16(12-10-9-11-13-16)18-15(7-3)8-4/h5,7H,6,8-13H2,1-4H3. The van der Waals surface area contributed by atoms with E-state index in [2.05, 4.69) is 26.0 Å². The highest BCUT2D eigenvalue weighted by Crippen LogP contribution is 2.37. The topological polar surface area (TPSA) is 18.5 Å². The number of hydrogen-bond donors (Lipinski definition) is 0. The van der Waals surface area contributed by atoms with E-state index in [0.717, 1.165) is 37.2 Å². The minimum absolute atomic E-state index is 0.409. The highest BCUT2D eigenvalue weighted by Gasteiger charge is 2.37. The highest BCUT2D eigenvalue weighted by atomic mass is 16.7. The Bertz CT molecular complexity index is 272. The molecule has 1 rings (SSSR count). The van der Waals surface area contributed by atoms with Crippen molar-refractivity contribution in [3.8, 4) is 0 Å². The molecule has 0 atom stereocenters. The molecule has 0 saturated heterocycles. The van der Waals surface area contributed by atoms with Gasteiger partial charge in [0.1, 0.15) is 0 Å². The molecule has 1 aliphatic rings. The van der Waals surface area contributed by atoms with Crippen molar-refractivity contribution in [1.29, 1.82) is 0 Å². The van der Waals surface area contributed by atoms with E-state index in [0.29, 0.717) is 0 Å². The summed E-state index contributed by atoms with van der Waals surface area (Å²) in [5, 5.41) is 0. The Labute approximate surface area is 112 Å². The molecule has 2 heteroatoms. The molecule has 0 spiro atoms. The average molecular weight is 252 g/mol. The summed E-state index contributed by atoms with van der Waals surface area (Å²) in [4.78, 5) is 0. The van der Waals surface area contributed by atoms with Crippen LogP contribution in [-0.2, 0) is 9.47 Å². The lowest BCUT2D eigenvalue weighted by Crippen LogP contribution is -2.37. The fraction of sp³-hybridized carbons (Fsp3) is 0.750. The minimum Gasteiger partial charge on any atom is -0.457 e. The van der Waals surface area contributed by atoms with Crippen LogP contribution in [0.2, 0.25) is 0 Å². The largest absolute Gasteiger partial charge is 0.457 e. The normalized spacial score (nSPS) is 20.7. The van der Waals surface area contributed by atoms with Crippen LogP contribution in [0.25, 0.3) is 0 Å². The molecule has 0 bridgehead atoms. The van der Waals surface area contributed by atoms with E-state index in [1.807, 2.05) is 13.8 Å². The first-order valence-electron chi connectivity index (χ1n) is 7.38. The Kier molecular flexibility index (Phi) is 6.31. The molecule has 0 aliphatic heterocycles. The van der Waals surface area contributed by atoms with Gasteiger partial charge in [0.2, 0.25) is 5.79 Å². The molecule has 0 amide bonds. The molecule has 0 aromatic heterocycles. The maximum atomic E-state index is 6.21. The minimum atomic E-state index is -0.409. The highest BCUT2D eigenvalue weighted by molar-refractivity contribution is 4.97. The molecule has 0 aromatic carbocycles. The molecular formula is C16H28O2. The second kappa shape index (κ2) is 7.50. The Morgan fingerprint density at radius 2 is 1.33 bits per heavy atom. The monoisotopic (exact) mass is 252 g/mol. The summed E-state index contributed by atoms with van der Waals surface area (Å²) >= 11 is 0. The van der Waals surface area contributed by atoms with Gasteiger partial charge in [-0.3, -0.25) is 0 Å². The van der Waals surface area contributed by atoms with Crippen molar-refractivity contribution in [3.63, 3.8) is 0 Å². The zero-order valence-corrected chi connectivity index (χ0v) is 12.4. The predicted molar refractivity (Wildman–Crippen MR) is 76.1 cm³/mol. The van der Waals surface area contributed by atoms with Crippen LogP contribution in [0.15, 0.2) is 23.7 Å². The molecule has 1 fully saturated rings. The number of allylic oxidation sites excluding steroid dienone is 4. The van der Waals surface area contributed by atoms with E-state index < -0.39 is 5.79 Å². The molecule has 1 aliphatic carbocycles. The van der Waals surface area contributed by atoms with E-state index >= 15 is 0 Å². The van der Waals surface area contributed by atoms with E-state index in [-0.39, 0.29) is 0 Å². The van der Waals surface area contributed by atoms with Gasteiger partial charge < -0.3 is 9.47 Å². The third kappa shape index (κ3) is 4.08. The summed E-state index contributed by atoms with van der Waals surface area (Å²) in [6.45, 7) is 8.32. The number of ether oxygens (including phenoxy) is 2. The van der Waals surface area contributed by atoms with Crippen LogP contribution in [0.1, 0.15) is 72.6 Å². The Morgan fingerprint density at radius 3 is 1.67 bits per heavy atom. The first kappa shape index (κ1) is 15.1. The summed E-state index contributed by atoms with van der Waals surface area (Å²) in [5.41, 5.74) is 0. The molecule has 0 radical (unpaired) electrons. The molecule has 0 heterocycles. The molecular weight excluding hydrogens is 224 g/mol. The average Bonchev–Trinajstić information content (AvgIpc) is 2.43. The number of rotatable bonds is 6. The van der Waals surface area contributed by atoms with E-state index in [1.165, 1.54) is 19.3 Å². The van der Waals surface area contributed by atoms with Crippen molar-refractivity contribution in [1.82, 2.24) is 0 Å². The van der Waals surface area contributed by atoms with Gasteiger partial charge in [-0.2, -0.15) is 0 Å². The SMILES string of the molecule is CC=C(CC)OC1(OC(=CC)CC)CCCCC1. The zero-order chi connectivity index (χ0) is 13.4. The van der Waals surface area contributed by atoms with Gasteiger partial charge in [0.05, 0.1) is 11.5 Å². The smallest absolute Gasteiger partial charge is 0.250 e. The van der Waals surface area contributed by atoms with Crippen molar-refractivity contribution in [2.24, 2.45) is 0 Å². The first-order valence-corrected chi connectivity index (χ1v) is 7.38. The fourth-order valence-corrected chi connectivity index (χ4v) is 2.46. The molecule has 0 N–H and O–H groups in total. The lowest BCUT2D eigenvalue weighted by atomic mass is 9.93. The van der Waals surface area contributed by atoms with Gasteiger partial charge in [-0.15, -0.1) is 0 Å². The maximum absolute atomic E-state index is 6.21. The molecule has 104 valence electrons. The molecule has 2 nitrogen and oxygen atoms in total. The van der Waals surface area contributed by atoms with Crippen LogP contribution >= 0.6 is 0 Å². The fourth-order valence-electron chi connectivity index (χ4n) is 2.46. The van der Waals surface area contributed by atoms with Crippen LogP contribution < -0.4 is 0 Å². The van der Waals surface area contributed by atoms with Crippen LogP contribution in [0.4, 0.5) is 0 Å². The second-order valence-corrected chi connectivity index (χ2v) is 4.89. The van der Waals surface area contributed by atoms with Crippen molar-refractivity contribution in [2.75, 3.05) is 0 Å². The summed E-state index contributed by atoms with van der Waals surface area (Å²) in [5.74, 6) is 1.68. The second-order valence-electron chi connectivity index (χ2n) is 4.89. The molecule has 1 saturated carbocycles. The van der Waals surface area contributed by atoms with Gasteiger partial charge in [0, 0.05) is 25.7 Å². The van der Waals surface area contributed by atoms with Crippen LogP contribution in [-0.4, -0.2) is 5.79 Å². The molecule has 0 unspecified atom stereocenters. The molecule has 18 heavy (non-hydrogen) atoms. The van der Waals surface area contributed by atoms with Gasteiger partial charge in [0.25, 0.3) is 0 Å². The van der Waals surface area contributed by atoms with Gasteiger partial charge in [0.15, 0.2) is 0 Å². The summed E-state index contributed by atoms with van der Waals surface area (Å²) < 4.78 is 12.4. The summed E-state index contributed by atoms with van der Waals surface area (Å²) in [6, 6.07) is 0. The third-order valence-electron chi connectivity index (χ3n) is 3.59. The third-order valence-corrected chi connectivity index (χ3v) is 3.59.